The molecule has 17 heavy (non-hydrogen) atoms. The first-order chi connectivity index (χ1) is 8.04. The van der Waals surface area contributed by atoms with Crippen LogP contribution in [0.5, 0.6) is 0 Å². The van der Waals surface area contributed by atoms with E-state index in [2.05, 4.69) is 9.82 Å². The molecule has 0 saturated carbocycles. The molecule has 0 aliphatic rings. The van der Waals surface area contributed by atoms with Crippen molar-refractivity contribution in [3.63, 3.8) is 0 Å². The number of nitrogens with one attached hydrogen (secondary N) is 1. The zero-order valence-corrected chi connectivity index (χ0v) is 10.7. The normalized spacial score (nSPS) is 11.0. The van der Waals surface area contributed by atoms with E-state index in [4.69, 9.17) is 9.05 Å². The molecule has 0 aliphatic carbocycles. The Hall–Kier alpha value is -1.36. The van der Waals surface area contributed by atoms with Crippen LogP contribution < -0.4 is 5.09 Å². The van der Waals surface area contributed by atoms with Gasteiger partial charge in [-0.3, -0.25) is 14.1 Å². The third-order valence-electron chi connectivity index (χ3n) is 2.05. The summed E-state index contributed by atoms with van der Waals surface area (Å²) in [5.74, 6) is -0.432. The lowest BCUT2D eigenvalue weighted by Crippen LogP contribution is -2.03. The van der Waals surface area contributed by atoms with Crippen molar-refractivity contribution in [3.05, 3.63) is 29.8 Å². The summed E-state index contributed by atoms with van der Waals surface area (Å²) in [5, 5.41) is 2.60. The molecule has 6 nitrogen and oxygen atoms in total. The quantitative estimate of drug-likeness (QED) is 0.646. The molecule has 0 radical (unpaired) electrons. The molecule has 1 aromatic carbocycles. The third-order valence-corrected chi connectivity index (χ3v) is 3.55. The molecule has 0 bridgehead atoms. The fourth-order valence-electron chi connectivity index (χ4n) is 1.12. The Balaban J connectivity index is 2.82. The van der Waals surface area contributed by atoms with Crippen LogP contribution in [-0.4, -0.2) is 27.3 Å². The van der Waals surface area contributed by atoms with Crippen LogP contribution >= 0.6 is 7.75 Å². The molecule has 1 aromatic rings. The standard InChI is InChI=1S/C10H14NO5P/c1-14-10(12)8-4-6-9(7-5-8)11-17(13,15-2)16-3/h4-7H,1-3H3,(H,11,13). The Kier molecular flexibility index (Phi) is 4.69. The second kappa shape index (κ2) is 5.82. The second-order valence-electron chi connectivity index (χ2n) is 3.04. The van der Waals surface area contributed by atoms with Crippen LogP contribution in [0.15, 0.2) is 24.3 Å². The first kappa shape index (κ1) is 13.7. The van der Waals surface area contributed by atoms with E-state index in [0.717, 1.165) is 0 Å². The second-order valence-corrected chi connectivity index (χ2v) is 4.99. The molecule has 0 spiro atoms. The van der Waals surface area contributed by atoms with Gasteiger partial charge < -0.3 is 4.74 Å². The minimum absolute atomic E-state index is 0.405. The third kappa shape index (κ3) is 3.56. The topological polar surface area (TPSA) is 73.9 Å². The number of anilines is 1. The van der Waals surface area contributed by atoms with Crippen LogP contribution in [0.2, 0.25) is 0 Å². The highest BCUT2D eigenvalue weighted by Gasteiger charge is 2.20. The zero-order valence-electron chi connectivity index (χ0n) is 9.80. The van der Waals surface area contributed by atoms with Crippen molar-refractivity contribution in [1.82, 2.24) is 0 Å². The van der Waals surface area contributed by atoms with Crippen LogP contribution in [-0.2, 0) is 18.3 Å². The summed E-state index contributed by atoms with van der Waals surface area (Å²) >= 11 is 0. The molecule has 0 aromatic heterocycles. The maximum Gasteiger partial charge on any atom is 0.432 e. The first-order valence-electron chi connectivity index (χ1n) is 4.73. The molecule has 0 atom stereocenters. The van der Waals surface area contributed by atoms with E-state index < -0.39 is 13.7 Å². The van der Waals surface area contributed by atoms with E-state index in [1.54, 1.807) is 24.3 Å². The van der Waals surface area contributed by atoms with Crippen molar-refractivity contribution >= 4 is 19.4 Å². The summed E-state index contributed by atoms with van der Waals surface area (Å²) in [5.41, 5.74) is 0.924. The molecule has 0 heterocycles. The predicted molar refractivity (Wildman–Crippen MR) is 63.0 cm³/mol. The van der Waals surface area contributed by atoms with Gasteiger partial charge in [0, 0.05) is 19.9 Å². The molecule has 94 valence electrons. The van der Waals surface area contributed by atoms with Gasteiger partial charge in [0.1, 0.15) is 0 Å². The summed E-state index contributed by atoms with van der Waals surface area (Å²) in [4.78, 5) is 11.2. The van der Waals surface area contributed by atoms with E-state index in [1.165, 1.54) is 21.3 Å². The number of carbonyl (C=O) groups is 1. The minimum atomic E-state index is -3.31. The highest BCUT2D eigenvalue weighted by atomic mass is 31.2. The number of ether oxygens (including phenoxy) is 1. The van der Waals surface area contributed by atoms with Crippen molar-refractivity contribution in [2.75, 3.05) is 26.4 Å². The van der Waals surface area contributed by atoms with Gasteiger partial charge in [0.25, 0.3) is 0 Å². The maximum atomic E-state index is 11.7. The Morgan fingerprint density at radius 1 is 1.12 bits per heavy atom. The Labute approximate surface area is 99.5 Å². The molecule has 1 rings (SSSR count). The van der Waals surface area contributed by atoms with Crippen molar-refractivity contribution in [3.8, 4) is 0 Å². The fraction of sp³-hybridized carbons (Fsp3) is 0.300. The van der Waals surface area contributed by atoms with Crippen molar-refractivity contribution in [2.24, 2.45) is 0 Å². The SMILES string of the molecule is COC(=O)c1ccc(NP(=O)(OC)OC)cc1. The highest BCUT2D eigenvalue weighted by Crippen LogP contribution is 2.45. The number of methoxy groups -OCH3 is 1. The lowest BCUT2D eigenvalue weighted by atomic mass is 10.2. The first-order valence-corrected chi connectivity index (χ1v) is 6.27. The number of esters is 1. The largest absolute Gasteiger partial charge is 0.465 e. The number of hydrogen-bond acceptors (Lipinski definition) is 5. The van der Waals surface area contributed by atoms with Crippen LogP contribution in [0.1, 0.15) is 10.4 Å². The average molecular weight is 259 g/mol. The van der Waals surface area contributed by atoms with Gasteiger partial charge in [-0.15, -0.1) is 0 Å². The molecule has 0 aliphatic heterocycles. The van der Waals surface area contributed by atoms with Gasteiger partial charge >= 0.3 is 13.7 Å². The molecule has 0 fully saturated rings. The number of benzene rings is 1. The minimum Gasteiger partial charge on any atom is -0.465 e. The van der Waals surface area contributed by atoms with Gasteiger partial charge in [-0.2, -0.15) is 0 Å². The Bertz CT molecular complexity index is 423. The summed E-state index contributed by atoms with van der Waals surface area (Å²) in [6.45, 7) is 0. The molecule has 0 unspecified atom stereocenters. The predicted octanol–water partition coefficient (Wildman–Crippen LogP) is 2.29. The maximum absolute atomic E-state index is 11.7. The highest BCUT2D eigenvalue weighted by molar-refractivity contribution is 7.55. The zero-order chi connectivity index (χ0) is 12.9. The van der Waals surface area contributed by atoms with Gasteiger partial charge in [-0.25, -0.2) is 9.36 Å². The summed E-state index contributed by atoms with van der Waals surface area (Å²) in [7, 11) is 0.545. The Morgan fingerprint density at radius 2 is 1.65 bits per heavy atom. The van der Waals surface area contributed by atoms with Crippen LogP contribution in [0.3, 0.4) is 0 Å². The lowest BCUT2D eigenvalue weighted by Gasteiger charge is -2.15. The molecule has 1 N–H and O–H groups in total. The van der Waals surface area contributed by atoms with E-state index in [-0.39, 0.29) is 0 Å². The molecule has 7 heteroatoms. The van der Waals surface area contributed by atoms with Gasteiger partial charge in [-0.1, -0.05) is 0 Å². The van der Waals surface area contributed by atoms with E-state index in [9.17, 15) is 9.36 Å². The lowest BCUT2D eigenvalue weighted by molar-refractivity contribution is 0.0601. The number of rotatable bonds is 5. The monoisotopic (exact) mass is 259 g/mol. The fourth-order valence-corrected chi connectivity index (χ4v) is 1.92. The number of carbonyl (C=O) groups excluding carboxylic acids is 1. The van der Waals surface area contributed by atoms with Gasteiger partial charge in [-0.05, 0) is 24.3 Å². The smallest absolute Gasteiger partial charge is 0.432 e. The van der Waals surface area contributed by atoms with Crippen LogP contribution in [0, 0.1) is 0 Å². The molecule has 0 saturated heterocycles. The molecular formula is C10H14NO5P. The summed E-state index contributed by atoms with van der Waals surface area (Å²) in [6.07, 6.45) is 0. The van der Waals surface area contributed by atoms with E-state index in [1.807, 2.05) is 0 Å². The van der Waals surface area contributed by atoms with Crippen molar-refractivity contribution < 1.29 is 23.1 Å². The van der Waals surface area contributed by atoms with Crippen LogP contribution in [0.25, 0.3) is 0 Å². The van der Waals surface area contributed by atoms with Crippen molar-refractivity contribution in [1.29, 1.82) is 0 Å². The van der Waals surface area contributed by atoms with Crippen molar-refractivity contribution in [2.45, 2.75) is 0 Å². The van der Waals surface area contributed by atoms with Crippen LogP contribution in [0.4, 0.5) is 5.69 Å². The molecule has 0 amide bonds. The van der Waals surface area contributed by atoms with Gasteiger partial charge in [0.2, 0.25) is 0 Å². The summed E-state index contributed by atoms with van der Waals surface area (Å²) in [6, 6.07) is 6.25. The van der Waals surface area contributed by atoms with E-state index in [0.29, 0.717) is 11.3 Å². The van der Waals surface area contributed by atoms with Gasteiger partial charge in [0.15, 0.2) is 0 Å². The van der Waals surface area contributed by atoms with E-state index >= 15 is 0 Å². The average Bonchev–Trinajstić information content (AvgIpc) is 2.38. The number of hydrogen-bond donors (Lipinski definition) is 1. The Morgan fingerprint density at radius 3 is 2.06 bits per heavy atom. The van der Waals surface area contributed by atoms with Gasteiger partial charge in [0.05, 0.1) is 12.7 Å². The summed E-state index contributed by atoms with van der Waals surface area (Å²) < 4.78 is 25.7. The molecular weight excluding hydrogens is 245 g/mol.